The Morgan fingerprint density at radius 2 is 1.91 bits per heavy atom. The second-order valence-electron chi connectivity index (χ2n) is 8.80. The number of benzene rings is 1. The van der Waals surface area contributed by atoms with Crippen LogP contribution in [-0.2, 0) is 11.8 Å². The lowest BCUT2D eigenvalue weighted by molar-refractivity contribution is -0.119. The van der Waals surface area contributed by atoms with E-state index in [-0.39, 0.29) is 23.5 Å². The Hall–Kier alpha value is -3.95. The molecule has 4 aromatic rings. The minimum atomic E-state index is -0.508. The zero-order valence-electron chi connectivity index (χ0n) is 19.3. The van der Waals surface area contributed by atoms with Gasteiger partial charge in [-0.1, -0.05) is 0 Å². The number of rotatable bonds is 4. The highest BCUT2D eigenvalue weighted by Crippen LogP contribution is 2.31. The monoisotopic (exact) mass is 463 g/mol. The zero-order chi connectivity index (χ0) is 24.0. The molecular weight excluding hydrogens is 437 g/mol. The minimum Gasteiger partial charge on any atom is -0.371 e. The first-order valence-corrected chi connectivity index (χ1v) is 11.2. The van der Waals surface area contributed by atoms with Crippen LogP contribution in [0.15, 0.2) is 36.8 Å². The van der Waals surface area contributed by atoms with Crippen LogP contribution < -0.4 is 15.5 Å². The van der Waals surface area contributed by atoms with E-state index in [1.165, 1.54) is 13.0 Å². The largest absolute Gasteiger partial charge is 0.371 e. The lowest BCUT2D eigenvalue weighted by Crippen LogP contribution is -2.44. The predicted molar refractivity (Wildman–Crippen MR) is 128 cm³/mol. The van der Waals surface area contributed by atoms with E-state index in [1.807, 2.05) is 19.3 Å². The topological polar surface area (TPSA) is 96.6 Å². The van der Waals surface area contributed by atoms with Crippen LogP contribution in [0.1, 0.15) is 35.8 Å². The van der Waals surface area contributed by atoms with Gasteiger partial charge in [-0.05, 0) is 31.9 Å². The summed E-state index contributed by atoms with van der Waals surface area (Å²) in [5.41, 5.74) is 3.24. The van der Waals surface area contributed by atoms with Crippen molar-refractivity contribution < 1.29 is 14.0 Å². The molecule has 1 aliphatic rings. The Labute approximate surface area is 195 Å². The Morgan fingerprint density at radius 3 is 2.65 bits per heavy atom. The van der Waals surface area contributed by atoms with E-state index in [1.54, 1.807) is 34.5 Å². The van der Waals surface area contributed by atoms with Gasteiger partial charge in [0.15, 0.2) is 11.5 Å². The normalized spacial score (nSPS) is 14.6. The van der Waals surface area contributed by atoms with Gasteiger partial charge < -0.3 is 19.9 Å². The molecule has 176 valence electrons. The van der Waals surface area contributed by atoms with Crippen molar-refractivity contribution in [2.24, 2.45) is 7.05 Å². The van der Waals surface area contributed by atoms with Gasteiger partial charge in [0.1, 0.15) is 5.52 Å². The number of carbonyl (C=O) groups excluding carboxylic acids is 2. The highest BCUT2D eigenvalue weighted by molar-refractivity contribution is 6.13. The molecule has 5 rings (SSSR count). The molecular formula is C24H26FN7O2. The number of imidazole rings is 1. The first-order valence-electron chi connectivity index (χ1n) is 11.2. The van der Waals surface area contributed by atoms with Gasteiger partial charge in [-0.2, -0.15) is 5.10 Å². The van der Waals surface area contributed by atoms with Crippen molar-refractivity contribution in [1.82, 2.24) is 24.5 Å². The summed E-state index contributed by atoms with van der Waals surface area (Å²) < 4.78 is 17.7. The third-order valence-electron chi connectivity index (χ3n) is 6.14. The van der Waals surface area contributed by atoms with Crippen LogP contribution in [0.2, 0.25) is 0 Å². The fourth-order valence-electron chi connectivity index (χ4n) is 4.66. The SMILES string of the molecule is CC(=O)NC1CCN(c2ccc(C(=O)Nc3cc(F)c4nc(C)cn4c3)c3nn(C)cc23)CC1. The number of carbonyl (C=O) groups is 2. The number of nitrogens with zero attached hydrogens (tertiary/aromatic N) is 5. The Bertz CT molecular complexity index is 1420. The van der Waals surface area contributed by atoms with E-state index in [4.69, 9.17) is 0 Å². The van der Waals surface area contributed by atoms with E-state index in [0.29, 0.717) is 22.5 Å². The molecule has 0 radical (unpaired) electrons. The minimum absolute atomic E-state index is 0.00864. The molecule has 1 aromatic carbocycles. The Balaban J connectivity index is 1.42. The number of fused-ring (bicyclic) bond motifs is 2. The first kappa shape index (κ1) is 21.9. The van der Waals surface area contributed by atoms with Crippen LogP contribution in [0.5, 0.6) is 0 Å². The average Bonchev–Trinajstić information content (AvgIpc) is 3.35. The number of piperidine rings is 1. The van der Waals surface area contributed by atoms with E-state index < -0.39 is 5.82 Å². The average molecular weight is 464 g/mol. The molecule has 2 N–H and O–H groups in total. The molecule has 1 fully saturated rings. The lowest BCUT2D eigenvalue weighted by Gasteiger charge is -2.34. The number of amides is 2. The van der Waals surface area contributed by atoms with Crippen molar-refractivity contribution in [3.8, 4) is 0 Å². The van der Waals surface area contributed by atoms with Gasteiger partial charge >= 0.3 is 0 Å². The van der Waals surface area contributed by atoms with Gasteiger partial charge in [0.05, 0.1) is 16.9 Å². The van der Waals surface area contributed by atoms with Crippen LogP contribution in [0, 0.1) is 12.7 Å². The first-order chi connectivity index (χ1) is 16.3. The second kappa shape index (κ2) is 8.44. The summed E-state index contributed by atoms with van der Waals surface area (Å²) in [6.45, 7) is 4.92. The van der Waals surface area contributed by atoms with Crippen LogP contribution in [0.4, 0.5) is 15.8 Å². The molecule has 0 atom stereocenters. The molecule has 4 heterocycles. The molecule has 3 aromatic heterocycles. The van der Waals surface area contributed by atoms with Crippen molar-refractivity contribution >= 4 is 39.7 Å². The van der Waals surface area contributed by atoms with Crippen LogP contribution >= 0.6 is 0 Å². The van der Waals surface area contributed by atoms with Crippen molar-refractivity contribution in [2.45, 2.75) is 32.7 Å². The highest BCUT2D eigenvalue weighted by atomic mass is 19.1. The van der Waals surface area contributed by atoms with Gasteiger partial charge in [0, 0.05) is 68.8 Å². The van der Waals surface area contributed by atoms with Crippen LogP contribution in [0.3, 0.4) is 0 Å². The van der Waals surface area contributed by atoms with E-state index in [0.717, 1.165) is 37.0 Å². The Kier molecular flexibility index (Phi) is 5.43. The smallest absolute Gasteiger partial charge is 0.257 e. The van der Waals surface area contributed by atoms with Gasteiger partial charge in [-0.3, -0.25) is 14.3 Å². The fourth-order valence-corrected chi connectivity index (χ4v) is 4.66. The van der Waals surface area contributed by atoms with E-state index in [2.05, 4.69) is 25.6 Å². The van der Waals surface area contributed by atoms with Crippen molar-refractivity contribution in [3.05, 3.63) is 53.9 Å². The van der Waals surface area contributed by atoms with E-state index >= 15 is 0 Å². The van der Waals surface area contributed by atoms with Gasteiger partial charge in [0.2, 0.25) is 5.91 Å². The molecule has 0 unspecified atom stereocenters. The summed E-state index contributed by atoms with van der Waals surface area (Å²) in [6.07, 6.45) is 6.95. The zero-order valence-corrected chi connectivity index (χ0v) is 19.3. The number of hydrogen-bond acceptors (Lipinski definition) is 5. The number of pyridine rings is 1. The quantitative estimate of drug-likeness (QED) is 0.485. The number of aromatic nitrogens is 4. The molecule has 34 heavy (non-hydrogen) atoms. The van der Waals surface area contributed by atoms with Crippen molar-refractivity contribution in [1.29, 1.82) is 0 Å². The number of hydrogen-bond donors (Lipinski definition) is 2. The molecule has 0 aliphatic carbocycles. The maximum Gasteiger partial charge on any atom is 0.257 e. The van der Waals surface area contributed by atoms with Crippen molar-refractivity contribution in [3.63, 3.8) is 0 Å². The molecule has 0 bridgehead atoms. The fraction of sp³-hybridized carbons (Fsp3) is 0.333. The third kappa shape index (κ3) is 4.07. The second-order valence-corrected chi connectivity index (χ2v) is 8.80. The highest BCUT2D eigenvalue weighted by Gasteiger charge is 2.24. The number of nitrogens with one attached hydrogen (secondary N) is 2. The molecule has 2 amide bonds. The van der Waals surface area contributed by atoms with Gasteiger partial charge in [-0.25, -0.2) is 9.37 Å². The van der Waals surface area contributed by atoms with Gasteiger partial charge in [0.25, 0.3) is 5.91 Å². The third-order valence-corrected chi connectivity index (χ3v) is 6.14. The standard InChI is InChI=1S/C24H26FN7O2/c1-14-11-32-12-17(10-20(25)23(32)26-14)28-24(34)18-4-5-21(19-13-30(3)29-22(18)19)31-8-6-16(7-9-31)27-15(2)33/h4-5,10-13,16H,6-9H2,1-3H3,(H,27,33)(H,28,34). The molecule has 0 spiro atoms. The maximum atomic E-state index is 14.4. The summed E-state index contributed by atoms with van der Waals surface area (Å²) in [7, 11) is 1.82. The molecule has 10 heteroatoms. The van der Waals surface area contributed by atoms with Crippen LogP contribution in [0.25, 0.3) is 16.6 Å². The number of anilines is 2. The lowest BCUT2D eigenvalue weighted by atomic mass is 10.0. The molecule has 0 saturated carbocycles. The number of halogens is 1. The maximum absolute atomic E-state index is 14.4. The Morgan fingerprint density at radius 1 is 1.15 bits per heavy atom. The van der Waals surface area contributed by atoms with Gasteiger partial charge in [-0.15, -0.1) is 0 Å². The molecule has 9 nitrogen and oxygen atoms in total. The summed E-state index contributed by atoms with van der Waals surface area (Å²) in [5, 5.41) is 11.2. The summed E-state index contributed by atoms with van der Waals surface area (Å²) in [5.74, 6) is -0.882. The van der Waals surface area contributed by atoms with Crippen LogP contribution in [-0.4, -0.2) is 50.1 Å². The van der Waals surface area contributed by atoms with Crippen molar-refractivity contribution in [2.75, 3.05) is 23.3 Å². The summed E-state index contributed by atoms with van der Waals surface area (Å²) in [6, 6.07) is 5.14. The molecule has 1 aliphatic heterocycles. The summed E-state index contributed by atoms with van der Waals surface area (Å²) in [4.78, 5) is 30.9. The number of aryl methyl sites for hydroxylation is 2. The van der Waals surface area contributed by atoms with E-state index in [9.17, 15) is 14.0 Å². The predicted octanol–water partition coefficient (Wildman–Crippen LogP) is 3.03. The summed E-state index contributed by atoms with van der Waals surface area (Å²) >= 11 is 0. The molecule has 1 saturated heterocycles.